The summed E-state index contributed by atoms with van der Waals surface area (Å²) >= 11 is 1.72. The lowest BCUT2D eigenvalue weighted by Gasteiger charge is -2.08. The van der Waals surface area contributed by atoms with Gasteiger partial charge in [-0.2, -0.15) is 5.10 Å². The van der Waals surface area contributed by atoms with E-state index in [0.29, 0.717) is 0 Å². The van der Waals surface area contributed by atoms with Gasteiger partial charge in [-0.3, -0.25) is 5.10 Å². The molecule has 2 aromatic rings. The van der Waals surface area contributed by atoms with Gasteiger partial charge in [0.05, 0.1) is 12.2 Å². The maximum atomic E-state index is 6.05. The van der Waals surface area contributed by atoms with Crippen molar-refractivity contribution in [3.05, 3.63) is 39.8 Å². The molecule has 0 saturated heterocycles. The van der Waals surface area contributed by atoms with Gasteiger partial charge in [-0.25, -0.2) is 0 Å². The number of aryl methyl sites for hydroxylation is 1. The van der Waals surface area contributed by atoms with E-state index in [9.17, 15) is 0 Å². The van der Waals surface area contributed by atoms with Crippen molar-refractivity contribution in [2.45, 2.75) is 13.0 Å². The minimum absolute atomic E-state index is 0.0509. The summed E-state index contributed by atoms with van der Waals surface area (Å²) in [6, 6.07) is 2.02. The summed E-state index contributed by atoms with van der Waals surface area (Å²) in [6.07, 6.45) is 3.60. The first-order valence-corrected chi connectivity index (χ1v) is 4.95. The Bertz CT molecular complexity index is 377. The van der Waals surface area contributed by atoms with E-state index in [1.54, 1.807) is 17.5 Å². The van der Waals surface area contributed by atoms with Crippen LogP contribution in [-0.2, 0) is 0 Å². The van der Waals surface area contributed by atoms with Crippen molar-refractivity contribution in [2.24, 2.45) is 5.73 Å². The van der Waals surface area contributed by atoms with Crippen molar-refractivity contribution in [1.82, 2.24) is 10.2 Å². The average molecular weight is 193 g/mol. The number of thiophene rings is 1. The fraction of sp³-hybridized carbons (Fsp3) is 0.222. The van der Waals surface area contributed by atoms with E-state index >= 15 is 0 Å². The molecule has 0 radical (unpaired) electrons. The monoisotopic (exact) mass is 193 g/mol. The largest absolute Gasteiger partial charge is 0.320 e. The Hall–Kier alpha value is -1.13. The van der Waals surface area contributed by atoms with Crippen LogP contribution in [0.5, 0.6) is 0 Å². The molecular formula is C9H11N3S. The Morgan fingerprint density at radius 2 is 2.46 bits per heavy atom. The lowest BCUT2D eigenvalue weighted by Crippen LogP contribution is -2.10. The third-order valence-corrected chi connectivity index (χ3v) is 2.97. The Morgan fingerprint density at radius 1 is 1.62 bits per heavy atom. The lowest BCUT2D eigenvalue weighted by atomic mass is 10.0. The Labute approximate surface area is 80.6 Å². The molecule has 2 heterocycles. The SMILES string of the molecule is Cc1sccc1C(N)c1cn[nH]c1. The number of nitrogens with one attached hydrogen (secondary N) is 1. The highest BCUT2D eigenvalue weighted by Gasteiger charge is 2.12. The van der Waals surface area contributed by atoms with Crippen LogP contribution in [0.4, 0.5) is 0 Å². The number of nitrogens with zero attached hydrogens (tertiary/aromatic N) is 1. The van der Waals surface area contributed by atoms with E-state index in [0.717, 1.165) is 5.56 Å². The Kier molecular flexibility index (Phi) is 2.16. The molecule has 3 N–H and O–H groups in total. The van der Waals surface area contributed by atoms with Crippen LogP contribution in [0, 0.1) is 6.92 Å². The Morgan fingerprint density at radius 3 is 3.00 bits per heavy atom. The van der Waals surface area contributed by atoms with Crippen molar-refractivity contribution in [3.8, 4) is 0 Å². The lowest BCUT2D eigenvalue weighted by molar-refractivity contribution is 0.870. The van der Waals surface area contributed by atoms with Crippen LogP contribution in [0.1, 0.15) is 22.0 Å². The molecule has 0 fully saturated rings. The summed E-state index contributed by atoms with van der Waals surface area (Å²) in [5.41, 5.74) is 8.27. The van der Waals surface area contributed by atoms with Crippen LogP contribution in [0.2, 0.25) is 0 Å². The van der Waals surface area contributed by atoms with Gasteiger partial charge in [0, 0.05) is 16.6 Å². The van der Waals surface area contributed by atoms with Crippen molar-refractivity contribution in [2.75, 3.05) is 0 Å². The molecule has 13 heavy (non-hydrogen) atoms. The summed E-state index contributed by atoms with van der Waals surface area (Å²) in [6.45, 7) is 2.08. The third-order valence-electron chi connectivity index (χ3n) is 2.11. The van der Waals surface area contributed by atoms with E-state index in [2.05, 4.69) is 28.6 Å². The molecule has 2 rings (SSSR count). The van der Waals surface area contributed by atoms with E-state index in [1.165, 1.54) is 10.4 Å². The molecule has 0 spiro atoms. The minimum Gasteiger partial charge on any atom is -0.320 e. The van der Waals surface area contributed by atoms with Gasteiger partial charge in [-0.15, -0.1) is 11.3 Å². The number of rotatable bonds is 2. The molecule has 0 aromatic carbocycles. The molecule has 0 aliphatic rings. The van der Waals surface area contributed by atoms with Gasteiger partial charge in [0.25, 0.3) is 0 Å². The quantitative estimate of drug-likeness (QED) is 0.764. The van der Waals surface area contributed by atoms with E-state index in [-0.39, 0.29) is 6.04 Å². The van der Waals surface area contributed by atoms with Gasteiger partial charge >= 0.3 is 0 Å². The number of hydrogen-bond acceptors (Lipinski definition) is 3. The Balaban J connectivity index is 2.33. The fourth-order valence-corrected chi connectivity index (χ4v) is 2.08. The third kappa shape index (κ3) is 1.50. The maximum Gasteiger partial charge on any atom is 0.0593 e. The van der Waals surface area contributed by atoms with Gasteiger partial charge in [0.1, 0.15) is 0 Å². The van der Waals surface area contributed by atoms with E-state index < -0.39 is 0 Å². The van der Waals surface area contributed by atoms with E-state index in [4.69, 9.17) is 5.73 Å². The predicted octanol–water partition coefficient (Wildman–Crippen LogP) is 1.83. The molecule has 0 bridgehead atoms. The maximum absolute atomic E-state index is 6.05. The number of H-pyrrole nitrogens is 1. The summed E-state index contributed by atoms with van der Waals surface area (Å²) in [7, 11) is 0. The number of nitrogens with two attached hydrogens (primary N) is 1. The van der Waals surface area contributed by atoms with Crippen LogP contribution in [0.3, 0.4) is 0 Å². The summed E-state index contributed by atoms with van der Waals surface area (Å²) in [5, 5.41) is 8.71. The van der Waals surface area contributed by atoms with Crippen LogP contribution in [0.15, 0.2) is 23.8 Å². The first-order valence-electron chi connectivity index (χ1n) is 4.07. The topological polar surface area (TPSA) is 54.7 Å². The zero-order valence-corrected chi connectivity index (χ0v) is 8.14. The van der Waals surface area contributed by atoms with Crippen molar-refractivity contribution in [3.63, 3.8) is 0 Å². The smallest absolute Gasteiger partial charge is 0.0593 e. The predicted molar refractivity (Wildman–Crippen MR) is 53.7 cm³/mol. The molecule has 2 aromatic heterocycles. The second kappa shape index (κ2) is 3.32. The normalized spacial score (nSPS) is 13.1. The van der Waals surface area contributed by atoms with Gasteiger partial charge in [-0.05, 0) is 23.9 Å². The molecule has 0 aliphatic carbocycles. The molecule has 4 heteroatoms. The van der Waals surface area contributed by atoms with Gasteiger partial charge in [0.15, 0.2) is 0 Å². The van der Waals surface area contributed by atoms with Crippen LogP contribution >= 0.6 is 11.3 Å². The van der Waals surface area contributed by atoms with Crippen LogP contribution in [-0.4, -0.2) is 10.2 Å². The van der Waals surface area contributed by atoms with Gasteiger partial charge in [0.2, 0.25) is 0 Å². The summed E-state index contributed by atoms with van der Waals surface area (Å²) in [5.74, 6) is 0. The van der Waals surface area contributed by atoms with Crippen molar-refractivity contribution >= 4 is 11.3 Å². The zero-order valence-electron chi connectivity index (χ0n) is 7.32. The summed E-state index contributed by atoms with van der Waals surface area (Å²) in [4.78, 5) is 1.27. The first kappa shape index (κ1) is 8.47. The second-order valence-corrected chi connectivity index (χ2v) is 4.06. The second-order valence-electron chi connectivity index (χ2n) is 2.94. The molecule has 68 valence electrons. The van der Waals surface area contributed by atoms with Crippen molar-refractivity contribution < 1.29 is 0 Å². The molecule has 1 atom stereocenters. The minimum atomic E-state index is -0.0509. The number of aromatic nitrogens is 2. The average Bonchev–Trinajstić information content (AvgIpc) is 2.72. The number of hydrogen-bond donors (Lipinski definition) is 2. The highest BCUT2D eigenvalue weighted by molar-refractivity contribution is 7.10. The molecule has 1 unspecified atom stereocenters. The molecule has 0 amide bonds. The highest BCUT2D eigenvalue weighted by atomic mass is 32.1. The first-order chi connectivity index (χ1) is 6.29. The molecule has 0 saturated carbocycles. The summed E-state index contributed by atoms with van der Waals surface area (Å²) < 4.78 is 0. The van der Waals surface area contributed by atoms with Crippen LogP contribution < -0.4 is 5.73 Å². The zero-order chi connectivity index (χ0) is 9.26. The highest BCUT2D eigenvalue weighted by Crippen LogP contribution is 2.25. The molecule has 3 nitrogen and oxygen atoms in total. The van der Waals surface area contributed by atoms with Gasteiger partial charge in [-0.1, -0.05) is 0 Å². The van der Waals surface area contributed by atoms with Crippen LogP contribution in [0.25, 0.3) is 0 Å². The van der Waals surface area contributed by atoms with Crippen molar-refractivity contribution in [1.29, 1.82) is 0 Å². The van der Waals surface area contributed by atoms with Gasteiger partial charge < -0.3 is 5.73 Å². The fourth-order valence-electron chi connectivity index (χ4n) is 1.33. The molecular weight excluding hydrogens is 182 g/mol. The standard InChI is InChI=1S/C9H11N3S/c1-6-8(2-3-13-6)9(10)7-4-11-12-5-7/h2-5,9H,10H2,1H3,(H,11,12). The molecule has 0 aliphatic heterocycles. The number of aromatic amines is 1. The van der Waals surface area contributed by atoms with E-state index in [1.807, 2.05) is 6.20 Å².